The molecular formula is C13H21N3. The zero-order valence-electron chi connectivity index (χ0n) is 10.2. The van der Waals surface area contributed by atoms with Crippen LogP contribution in [0.3, 0.4) is 0 Å². The topological polar surface area (TPSA) is 37.8 Å². The van der Waals surface area contributed by atoms with E-state index >= 15 is 0 Å². The van der Waals surface area contributed by atoms with Crippen LogP contribution in [0.2, 0.25) is 0 Å². The van der Waals surface area contributed by atoms with Gasteiger partial charge in [0.2, 0.25) is 0 Å². The second kappa shape index (κ2) is 5.39. The van der Waals surface area contributed by atoms with Crippen molar-refractivity contribution < 1.29 is 0 Å². The molecule has 3 atom stereocenters. The molecule has 1 aliphatic rings. The Morgan fingerprint density at radius 2 is 2.06 bits per heavy atom. The van der Waals surface area contributed by atoms with Gasteiger partial charge in [-0.05, 0) is 43.2 Å². The maximum absolute atomic E-state index is 4.12. The predicted molar refractivity (Wildman–Crippen MR) is 65.3 cm³/mol. The van der Waals surface area contributed by atoms with Crippen LogP contribution >= 0.6 is 0 Å². The highest BCUT2D eigenvalue weighted by atomic mass is 14.9. The fourth-order valence-electron chi connectivity index (χ4n) is 2.76. The van der Waals surface area contributed by atoms with Gasteiger partial charge in [-0.25, -0.2) is 9.97 Å². The molecule has 0 saturated heterocycles. The molecule has 1 aliphatic carbocycles. The summed E-state index contributed by atoms with van der Waals surface area (Å²) < 4.78 is 0. The number of nitrogens with zero attached hydrogens (tertiary/aromatic N) is 2. The van der Waals surface area contributed by atoms with E-state index in [4.69, 9.17) is 0 Å². The van der Waals surface area contributed by atoms with Crippen LogP contribution in [0.5, 0.6) is 0 Å². The van der Waals surface area contributed by atoms with Crippen LogP contribution in [0, 0.1) is 5.92 Å². The lowest BCUT2D eigenvalue weighted by Crippen LogP contribution is -2.32. The van der Waals surface area contributed by atoms with Gasteiger partial charge in [-0.15, -0.1) is 0 Å². The summed E-state index contributed by atoms with van der Waals surface area (Å²) in [5, 5.41) is 3.64. The first kappa shape index (κ1) is 11.5. The van der Waals surface area contributed by atoms with Gasteiger partial charge < -0.3 is 5.32 Å². The van der Waals surface area contributed by atoms with Crippen molar-refractivity contribution in [2.45, 2.75) is 45.1 Å². The monoisotopic (exact) mass is 219 g/mol. The lowest BCUT2D eigenvalue weighted by atomic mass is 9.90. The molecule has 3 heteroatoms. The molecule has 88 valence electrons. The molecule has 0 bridgehead atoms. The number of rotatable bonds is 4. The average Bonchev–Trinajstić information content (AvgIpc) is 2.69. The lowest BCUT2D eigenvalue weighted by Gasteiger charge is -2.21. The molecular weight excluding hydrogens is 198 g/mol. The highest BCUT2D eigenvalue weighted by molar-refractivity contribution is 5.15. The van der Waals surface area contributed by atoms with Crippen molar-refractivity contribution in [3.63, 3.8) is 0 Å². The van der Waals surface area contributed by atoms with Crippen molar-refractivity contribution in [1.82, 2.24) is 15.3 Å². The van der Waals surface area contributed by atoms with Crippen LogP contribution < -0.4 is 5.32 Å². The quantitative estimate of drug-likeness (QED) is 0.844. The summed E-state index contributed by atoms with van der Waals surface area (Å²) in [5.41, 5.74) is 1.30. The normalized spacial score (nSPS) is 29.5. The molecule has 1 fully saturated rings. The van der Waals surface area contributed by atoms with Crippen molar-refractivity contribution in [3.8, 4) is 0 Å². The van der Waals surface area contributed by atoms with E-state index in [9.17, 15) is 0 Å². The Morgan fingerprint density at radius 3 is 2.75 bits per heavy atom. The van der Waals surface area contributed by atoms with Crippen LogP contribution in [0.1, 0.15) is 44.6 Å². The molecule has 0 spiro atoms. The fourth-order valence-corrected chi connectivity index (χ4v) is 2.76. The zero-order chi connectivity index (χ0) is 11.4. The van der Waals surface area contributed by atoms with Gasteiger partial charge in [-0.3, -0.25) is 0 Å². The summed E-state index contributed by atoms with van der Waals surface area (Å²) in [6, 6.07) is 0.671. The van der Waals surface area contributed by atoms with E-state index in [1.165, 1.54) is 24.8 Å². The van der Waals surface area contributed by atoms with Gasteiger partial charge in [0.25, 0.3) is 0 Å². The maximum Gasteiger partial charge on any atom is 0.115 e. The van der Waals surface area contributed by atoms with Crippen LogP contribution in [-0.2, 0) is 0 Å². The van der Waals surface area contributed by atoms with Gasteiger partial charge in [0, 0.05) is 18.4 Å². The molecule has 1 saturated carbocycles. The summed E-state index contributed by atoms with van der Waals surface area (Å²) in [6.07, 6.45) is 9.29. The Labute approximate surface area is 97.7 Å². The van der Waals surface area contributed by atoms with E-state index in [1.807, 2.05) is 12.4 Å². The average molecular weight is 219 g/mol. The minimum Gasteiger partial charge on any atom is -0.314 e. The molecule has 1 aromatic heterocycles. The second-order valence-electron chi connectivity index (χ2n) is 4.78. The summed E-state index contributed by atoms with van der Waals surface area (Å²) in [7, 11) is 0. The number of aromatic nitrogens is 2. The van der Waals surface area contributed by atoms with E-state index in [-0.39, 0.29) is 0 Å². The van der Waals surface area contributed by atoms with Crippen molar-refractivity contribution >= 4 is 0 Å². The largest absolute Gasteiger partial charge is 0.314 e. The smallest absolute Gasteiger partial charge is 0.115 e. The molecule has 1 aromatic rings. The molecule has 3 unspecified atom stereocenters. The molecule has 1 N–H and O–H groups in total. The maximum atomic E-state index is 4.12. The van der Waals surface area contributed by atoms with E-state index in [0.717, 1.165) is 6.54 Å². The van der Waals surface area contributed by atoms with Gasteiger partial charge in [0.15, 0.2) is 0 Å². The Hall–Kier alpha value is -0.960. The van der Waals surface area contributed by atoms with Crippen LogP contribution in [0.15, 0.2) is 18.7 Å². The number of hydrogen-bond acceptors (Lipinski definition) is 3. The van der Waals surface area contributed by atoms with Crippen LogP contribution in [0.4, 0.5) is 0 Å². The van der Waals surface area contributed by atoms with Crippen molar-refractivity contribution in [3.05, 3.63) is 24.3 Å². The fraction of sp³-hybridized carbons (Fsp3) is 0.692. The van der Waals surface area contributed by atoms with Gasteiger partial charge in [0.05, 0.1) is 0 Å². The van der Waals surface area contributed by atoms with Crippen molar-refractivity contribution in [2.24, 2.45) is 5.92 Å². The lowest BCUT2D eigenvalue weighted by molar-refractivity contribution is 0.404. The zero-order valence-corrected chi connectivity index (χ0v) is 10.2. The Kier molecular flexibility index (Phi) is 3.88. The van der Waals surface area contributed by atoms with Gasteiger partial charge in [0.1, 0.15) is 6.33 Å². The van der Waals surface area contributed by atoms with Gasteiger partial charge >= 0.3 is 0 Å². The molecule has 0 aliphatic heterocycles. The van der Waals surface area contributed by atoms with E-state index in [2.05, 4.69) is 29.1 Å². The molecule has 0 amide bonds. The van der Waals surface area contributed by atoms with Crippen LogP contribution in [0.25, 0.3) is 0 Å². The Bertz CT molecular complexity index is 312. The second-order valence-corrected chi connectivity index (χ2v) is 4.78. The molecule has 2 rings (SSSR count). The van der Waals surface area contributed by atoms with Gasteiger partial charge in [-0.2, -0.15) is 0 Å². The Morgan fingerprint density at radius 1 is 1.31 bits per heavy atom. The van der Waals surface area contributed by atoms with Crippen molar-refractivity contribution in [1.29, 1.82) is 0 Å². The molecule has 16 heavy (non-hydrogen) atoms. The van der Waals surface area contributed by atoms with Crippen molar-refractivity contribution in [2.75, 3.05) is 6.54 Å². The summed E-state index contributed by atoms with van der Waals surface area (Å²) in [4.78, 5) is 8.24. The highest BCUT2D eigenvalue weighted by Crippen LogP contribution is 2.38. The summed E-state index contributed by atoms with van der Waals surface area (Å²) in [5.74, 6) is 1.33. The van der Waals surface area contributed by atoms with Crippen LogP contribution in [-0.4, -0.2) is 22.6 Å². The number of nitrogens with one attached hydrogen (secondary N) is 1. The third kappa shape index (κ3) is 2.40. The van der Waals surface area contributed by atoms with E-state index in [0.29, 0.717) is 17.9 Å². The minimum absolute atomic E-state index is 0.635. The van der Waals surface area contributed by atoms with Gasteiger partial charge in [-0.1, -0.05) is 13.8 Å². The predicted octanol–water partition coefficient (Wildman–Crippen LogP) is 2.36. The third-order valence-corrected chi connectivity index (χ3v) is 3.72. The molecule has 0 radical (unpaired) electrons. The molecule has 1 heterocycles. The molecule has 0 aromatic carbocycles. The first-order valence-corrected chi connectivity index (χ1v) is 6.31. The standard InChI is InChI=1S/C13H21N3/c1-3-6-16-13-5-4-12(10(13)2)11-7-14-9-15-8-11/h7-10,12-13,16H,3-6H2,1-2H3. The Balaban J connectivity index is 1.99. The first-order chi connectivity index (χ1) is 7.83. The molecule has 3 nitrogen and oxygen atoms in total. The summed E-state index contributed by atoms with van der Waals surface area (Å²) in [6.45, 7) is 5.69. The first-order valence-electron chi connectivity index (χ1n) is 6.31. The van der Waals surface area contributed by atoms with E-state index < -0.39 is 0 Å². The third-order valence-electron chi connectivity index (χ3n) is 3.72. The highest BCUT2D eigenvalue weighted by Gasteiger charge is 2.33. The number of hydrogen-bond donors (Lipinski definition) is 1. The minimum atomic E-state index is 0.635. The SMILES string of the molecule is CCCNC1CCC(c2cncnc2)C1C. The summed E-state index contributed by atoms with van der Waals surface area (Å²) >= 11 is 0. The van der Waals surface area contributed by atoms with E-state index in [1.54, 1.807) is 6.33 Å².